The smallest absolute Gasteiger partial charge is 0.170 e. The molecule has 56 valence electrons. The second-order valence-corrected chi connectivity index (χ2v) is 2.71. The van der Waals surface area contributed by atoms with Gasteiger partial charge in [-0.15, -0.1) is 5.10 Å². The van der Waals surface area contributed by atoms with Gasteiger partial charge in [0.25, 0.3) is 0 Å². The number of aromatic nitrogens is 2. The molecular weight excluding hydrogens is 140 g/mol. The topological polar surface area (TPSA) is 42.9 Å². The Morgan fingerprint density at radius 2 is 2.27 bits per heavy atom. The molecule has 1 heterocycles. The SMILES string of the molecule is O=Cc1cc2c(nn1)CCC2. The van der Waals surface area contributed by atoms with E-state index >= 15 is 0 Å². The minimum absolute atomic E-state index is 0.450. The summed E-state index contributed by atoms with van der Waals surface area (Å²) in [5, 5.41) is 7.70. The predicted molar refractivity (Wildman–Crippen MR) is 39.4 cm³/mol. The van der Waals surface area contributed by atoms with Crippen LogP contribution in [0.2, 0.25) is 0 Å². The van der Waals surface area contributed by atoms with E-state index in [0.717, 1.165) is 31.2 Å². The summed E-state index contributed by atoms with van der Waals surface area (Å²) in [6.07, 6.45) is 3.95. The van der Waals surface area contributed by atoms with Crippen LogP contribution in [0.25, 0.3) is 0 Å². The zero-order valence-corrected chi connectivity index (χ0v) is 6.08. The molecule has 0 saturated carbocycles. The van der Waals surface area contributed by atoms with Crippen LogP contribution in [-0.2, 0) is 12.8 Å². The lowest BCUT2D eigenvalue weighted by molar-refractivity contribution is 0.111. The molecule has 0 bridgehead atoms. The molecule has 0 aromatic carbocycles. The lowest BCUT2D eigenvalue weighted by Gasteiger charge is -1.94. The first-order valence-corrected chi connectivity index (χ1v) is 3.71. The molecule has 0 radical (unpaired) electrons. The van der Waals surface area contributed by atoms with Crippen molar-refractivity contribution < 1.29 is 4.79 Å². The van der Waals surface area contributed by atoms with Crippen molar-refractivity contribution in [2.24, 2.45) is 0 Å². The number of nitrogens with zero attached hydrogens (tertiary/aromatic N) is 2. The van der Waals surface area contributed by atoms with Crippen molar-refractivity contribution in [3.05, 3.63) is 23.0 Å². The van der Waals surface area contributed by atoms with Crippen molar-refractivity contribution in [2.75, 3.05) is 0 Å². The molecule has 1 aromatic heterocycles. The first-order chi connectivity index (χ1) is 5.40. The summed E-state index contributed by atoms with van der Waals surface area (Å²) in [6, 6.07) is 1.84. The molecule has 1 aliphatic rings. The van der Waals surface area contributed by atoms with Gasteiger partial charge in [0.05, 0.1) is 5.69 Å². The van der Waals surface area contributed by atoms with Crippen LogP contribution in [0.3, 0.4) is 0 Å². The van der Waals surface area contributed by atoms with E-state index in [2.05, 4.69) is 10.2 Å². The maximum Gasteiger partial charge on any atom is 0.170 e. The van der Waals surface area contributed by atoms with Gasteiger partial charge in [-0.25, -0.2) is 0 Å². The van der Waals surface area contributed by atoms with E-state index in [0.29, 0.717) is 5.69 Å². The van der Waals surface area contributed by atoms with Crippen LogP contribution in [0, 0.1) is 0 Å². The summed E-state index contributed by atoms with van der Waals surface area (Å²) < 4.78 is 0. The van der Waals surface area contributed by atoms with Crippen LogP contribution >= 0.6 is 0 Å². The maximum atomic E-state index is 10.3. The molecule has 0 saturated heterocycles. The fourth-order valence-electron chi connectivity index (χ4n) is 1.40. The molecule has 3 heteroatoms. The Kier molecular flexibility index (Phi) is 1.42. The van der Waals surface area contributed by atoms with Crippen molar-refractivity contribution in [1.29, 1.82) is 0 Å². The van der Waals surface area contributed by atoms with Crippen LogP contribution in [0.5, 0.6) is 0 Å². The number of rotatable bonds is 1. The van der Waals surface area contributed by atoms with Crippen LogP contribution in [0.15, 0.2) is 6.07 Å². The number of hydrogen-bond donors (Lipinski definition) is 0. The number of carbonyl (C=O) groups is 1. The zero-order chi connectivity index (χ0) is 7.68. The Hall–Kier alpha value is -1.25. The van der Waals surface area contributed by atoms with Gasteiger partial charge in [0.1, 0.15) is 5.69 Å². The van der Waals surface area contributed by atoms with Gasteiger partial charge in [-0.2, -0.15) is 5.10 Å². The average Bonchev–Trinajstić information content (AvgIpc) is 2.50. The van der Waals surface area contributed by atoms with Crippen LogP contribution < -0.4 is 0 Å². The van der Waals surface area contributed by atoms with E-state index < -0.39 is 0 Å². The summed E-state index contributed by atoms with van der Waals surface area (Å²) in [4.78, 5) is 10.3. The molecule has 0 spiro atoms. The van der Waals surface area contributed by atoms with E-state index in [1.54, 1.807) is 0 Å². The Morgan fingerprint density at radius 3 is 3.09 bits per heavy atom. The normalized spacial score (nSPS) is 14.5. The van der Waals surface area contributed by atoms with E-state index in [1.807, 2.05) is 6.07 Å². The van der Waals surface area contributed by atoms with Crippen molar-refractivity contribution in [2.45, 2.75) is 19.3 Å². The molecular formula is C8H8N2O. The molecule has 11 heavy (non-hydrogen) atoms. The Bertz CT molecular complexity index is 296. The number of aldehydes is 1. The van der Waals surface area contributed by atoms with E-state index in [9.17, 15) is 4.79 Å². The number of fused-ring (bicyclic) bond motifs is 1. The van der Waals surface area contributed by atoms with Crippen LogP contribution in [-0.4, -0.2) is 16.5 Å². The largest absolute Gasteiger partial charge is 0.296 e. The lowest BCUT2D eigenvalue weighted by Crippen LogP contribution is -1.96. The highest BCUT2D eigenvalue weighted by molar-refractivity contribution is 5.71. The van der Waals surface area contributed by atoms with Crippen LogP contribution in [0.1, 0.15) is 28.2 Å². The first-order valence-electron chi connectivity index (χ1n) is 3.71. The fourth-order valence-corrected chi connectivity index (χ4v) is 1.40. The molecule has 3 nitrogen and oxygen atoms in total. The van der Waals surface area contributed by atoms with E-state index in [-0.39, 0.29) is 0 Å². The van der Waals surface area contributed by atoms with Crippen molar-refractivity contribution >= 4 is 6.29 Å². The number of hydrogen-bond acceptors (Lipinski definition) is 3. The summed E-state index contributed by atoms with van der Waals surface area (Å²) in [6.45, 7) is 0. The minimum atomic E-state index is 0.450. The highest BCUT2D eigenvalue weighted by atomic mass is 16.1. The zero-order valence-electron chi connectivity index (χ0n) is 6.08. The van der Waals surface area contributed by atoms with Gasteiger partial charge < -0.3 is 0 Å². The Balaban J connectivity index is 2.48. The van der Waals surface area contributed by atoms with Gasteiger partial charge in [-0.1, -0.05) is 0 Å². The Morgan fingerprint density at radius 1 is 1.36 bits per heavy atom. The van der Waals surface area contributed by atoms with Gasteiger partial charge in [-0.05, 0) is 30.9 Å². The summed E-state index contributed by atoms with van der Waals surface area (Å²) in [7, 11) is 0. The third kappa shape index (κ3) is 1.02. The van der Waals surface area contributed by atoms with Crippen molar-refractivity contribution in [3.63, 3.8) is 0 Å². The predicted octanol–water partition coefficient (Wildman–Crippen LogP) is 0.778. The lowest BCUT2D eigenvalue weighted by atomic mass is 10.2. The second-order valence-electron chi connectivity index (χ2n) is 2.71. The molecule has 0 N–H and O–H groups in total. The maximum absolute atomic E-state index is 10.3. The molecule has 0 aliphatic heterocycles. The summed E-state index contributed by atoms with van der Waals surface area (Å²) in [5.74, 6) is 0. The van der Waals surface area contributed by atoms with Crippen LogP contribution in [0.4, 0.5) is 0 Å². The van der Waals surface area contributed by atoms with Gasteiger partial charge >= 0.3 is 0 Å². The minimum Gasteiger partial charge on any atom is -0.296 e. The second kappa shape index (κ2) is 2.42. The van der Waals surface area contributed by atoms with Gasteiger partial charge in [0.2, 0.25) is 0 Å². The first kappa shape index (κ1) is 6.46. The third-order valence-electron chi connectivity index (χ3n) is 1.96. The number of aryl methyl sites for hydroxylation is 2. The average molecular weight is 148 g/mol. The fraction of sp³-hybridized carbons (Fsp3) is 0.375. The van der Waals surface area contributed by atoms with Crippen molar-refractivity contribution in [1.82, 2.24) is 10.2 Å². The van der Waals surface area contributed by atoms with Gasteiger partial charge in [-0.3, -0.25) is 4.79 Å². The summed E-state index contributed by atoms with van der Waals surface area (Å²) in [5.41, 5.74) is 2.71. The molecule has 0 unspecified atom stereocenters. The molecule has 1 aromatic rings. The molecule has 0 atom stereocenters. The highest BCUT2D eigenvalue weighted by Crippen LogP contribution is 2.18. The number of carbonyl (C=O) groups excluding carboxylic acids is 1. The van der Waals surface area contributed by atoms with E-state index in [4.69, 9.17) is 0 Å². The molecule has 0 amide bonds. The van der Waals surface area contributed by atoms with Gasteiger partial charge in [0.15, 0.2) is 6.29 Å². The van der Waals surface area contributed by atoms with Crippen molar-refractivity contribution in [3.8, 4) is 0 Å². The summed E-state index contributed by atoms with van der Waals surface area (Å²) >= 11 is 0. The molecule has 2 rings (SSSR count). The Labute approximate surface area is 64.5 Å². The van der Waals surface area contributed by atoms with E-state index in [1.165, 1.54) is 5.56 Å². The molecule has 1 aliphatic carbocycles. The van der Waals surface area contributed by atoms with Gasteiger partial charge in [0, 0.05) is 0 Å². The third-order valence-corrected chi connectivity index (χ3v) is 1.96. The standard InChI is InChI=1S/C8H8N2O/c11-5-7-4-6-2-1-3-8(6)10-9-7/h4-5H,1-3H2. The quantitative estimate of drug-likeness (QED) is 0.552. The highest BCUT2D eigenvalue weighted by Gasteiger charge is 2.12. The monoisotopic (exact) mass is 148 g/mol. The molecule has 0 fully saturated rings.